The molecule has 0 spiro atoms. The molecule has 4 aromatic carbocycles. The highest BCUT2D eigenvalue weighted by atomic mass is 32.2. The Labute approximate surface area is 330 Å². The van der Waals surface area contributed by atoms with E-state index < -0.39 is 23.0 Å². The number of hydrogen-bond acceptors (Lipinski definition) is 8. The summed E-state index contributed by atoms with van der Waals surface area (Å²) in [6, 6.07) is 33.0. The summed E-state index contributed by atoms with van der Waals surface area (Å²) >= 11 is 2.79. The second-order valence-corrected chi connectivity index (χ2v) is 15.8. The molecule has 0 saturated carbocycles. The van der Waals surface area contributed by atoms with Crippen molar-refractivity contribution >= 4 is 69.2 Å². The van der Waals surface area contributed by atoms with Gasteiger partial charge in [-0.05, 0) is 97.3 Å². The fourth-order valence-corrected chi connectivity index (χ4v) is 8.78. The van der Waals surface area contributed by atoms with Gasteiger partial charge in [-0.15, -0.1) is 23.1 Å². The Morgan fingerprint density at radius 2 is 1.62 bits per heavy atom. The molecule has 0 bridgehead atoms. The molecule has 0 radical (unpaired) electrons. The Morgan fingerprint density at radius 1 is 0.909 bits per heavy atom. The molecule has 1 aliphatic carbocycles. The van der Waals surface area contributed by atoms with Gasteiger partial charge in [-0.2, -0.15) is 0 Å². The molecule has 9 nitrogen and oxygen atoms in total. The molecule has 1 heterocycles. The number of nitrogens with one attached hydrogen (secondary N) is 3. The Morgan fingerprint density at radius 3 is 2.31 bits per heavy atom. The number of carbonyl (C=O) groups is 4. The first-order chi connectivity index (χ1) is 26.6. The average Bonchev–Trinajstić information content (AvgIpc) is 3.54. The van der Waals surface area contributed by atoms with Gasteiger partial charge >= 0.3 is 5.97 Å². The molecule has 0 saturated heterocycles. The van der Waals surface area contributed by atoms with Crippen molar-refractivity contribution in [2.24, 2.45) is 5.92 Å². The molecule has 0 aliphatic heterocycles. The molecule has 282 valence electrons. The lowest BCUT2D eigenvalue weighted by molar-refractivity contribution is -0.116. The number of thiophene rings is 1. The number of fused-ring (bicyclic) bond motifs is 1. The molecular weight excluding hydrogens is 729 g/mol. The number of rotatable bonds is 13. The van der Waals surface area contributed by atoms with Crippen LogP contribution in [-0.2, 0) is 27.2 Å². The van der Waals surface area contributed by atoms with Gasteiger partial charge in [-0.3, -0.25) is 14.4 Å². The summed E-state index contributed by atoms with van der Waals surface area (Å²) in [6.07, 6.45) is 4.23. The van der Waals surface area contributed by atoms with E-state index in [4.69, 9.17) is 4.74 Å². The minimum atomic E-state index is -0.689. The third kappa shape index (κ3) is 9.92. The predicted molar refractivity (Wildman–Crippen MR) is 223 cm³/mol. The third-order valence-corrected chi connectivity index (χ3v) is 11.6. The molecule has 2 atom stereocenters. The van der Waals surface area contributed by atoms with E-state index in [9.17, 15) is 19.2 Å². The van der Waals surface area contributed by atoms with Crippen molar-refractivity contribution in [1.29, 1.82) is 0 Å². The molecule has 0 fully saturated rings. The Kier molecular flexibility index (Phi) is 12.9. The number of thioether (sulfide) groups is 1. The molecule has 1 aromatic heterocycles. The van der Waals surface area contributed by atoms with Crippen LogP contribution in [0.25, 0.3) is 6.08 Å². The number of anilines is 3. The molecule has 6 rings (SSSR count). The minimum absolute atomic E-state index is 0.0662. The largest absolute Gasteiger partial charge is 0.462 e. The second kappa shape index (κ2) is 18.1. The van der Waals surface area contributed by atoms with Crippen molar-refractivity contribution in [1.82, 2.24) is 5.32 Å². The summed E-state index contributed by atoms with van der Waals surface area (Å²) in [5.41, 5.74) is 4.91. The van der Waals surface area contributed by atoms with E-state index in [2.05, 4.69) is 22.9 Å². The fourth-order valence-electron chi connectivity index (χ4n) is 6.30. The number of esters is 1. The number of amides is 3. The summed E-state index contributed by atoms with van der Waals surface area (Å²) < 4.78 is 5.44. The Balaban J connectivity index is 1.25. The van der Waals surface area contributed by atoms with Crippen LogP contribution in [0, 0.1) is 5.92 Å². The van der Waals surface area contributed by atoms with Crippen LogP contribution in [0.2, 0.25) is 0 Å². The molecule has 3 N–H and O–H groups in total. The van der Waals surface area contributed by atoms with Gasteiger partial charge in [0.15, 0.2) is 0 Å². The van der Waals surface area contributed by atoms with Gasteiger partial charge in [-0.1, -0.05) is 73.7 Å². The van der Waals surface area contributed by atoms with Crippen molar-refractivity contribution in [3.63, 3.8) is 0 Å². The highest BCUT2D eigenvalue weighted by Crippen LogP contribution is 2.42. The predicted octanol–water partition coefficient (Wildman–Crippen LogP) is 9.00. The molecule has 3 amide bonds. The number of carbonyl (C=O) groups excluding carboxylic acids is 4. The zero-order chi connectivity index (χ0) is 38.9. The van der Waals surface area contributed by atoms with Crippen LogP contribution in [0.1, 0.15) is 67.8 Å². The van der Waals surface area contributed by atoms with E-state index in [1.165, 1.54) is 23.1 Å². The molecule has 2 unspecified atom stereocenters. The van der Waals surface area contributed by atoms with E-state index in [0.717, 1.165) is 51.4 Å². The SMILES string of the molecule is CCOC(=O)c1c(NC(=O)C(Sc2cccc(NC(=O)/C(=C\c3ccc(N(C)C)cc3)NC(=O)c3ccccc3)c2)c2ccccc2)sc2c1CCC(C)C2. The maximum atomic E-state index is 14.2. The van der Waals surface area contributed by atoms with Gasteiger partial charge in [-0.25, -0.2) is 4.79 Å². The summed E-state index contributed by atoms with van der Waals surface area (Å²) in [5.74, 6) is -1.14. The molecule has 11 heteroatoms. The van der Waals surface area contributed by atoms with Crippen molar-refractivity contribution in [2.75, 3.05) is 36.2 Å². The number of benzene rings is 4. The van der Waals surface area contributed by atoms with E-state index in [-0.39, 0.29) is 18.2 Å². The smallest absolute Gasteiger partial charge is 0.341 e. The van der Waals surface area contributed by atoms with Crippen LogP contribution in [0.4, 0.5) is 16.4 Å². The summed E-state index contributed by atoms with van der Waals surface area (Å²) in [5, 5.41) is 8.66. The average molecular weight is 773 g/mol. The van der Waals surface area contributed by atoms with Crippen molar-refractivity contribution < 1.29 is 23.9 Å². The molecule has 1 aliphatic rings. The van der Waals surface area contributed by atoms with Gasteiger partial charge in [0, 0.05) is 40.8 Å². The maximum Gasteiger partial charge on any atom is 0.341 e. The molecular formula is C44H44N4O5S2. The van der Waals surface area contributed by atoms with Crippen LogP contribution in [0.3, 0.4) is 0 Å². The molecule has 55 heavy (non-hydrogen) atoms. The van der Waals surface area contributed by atoms with E-state index in [1.54, 1.807) is 55.5 Å². The van der Waals surface area contributed by atoms with E-state index in [1.807, 2.05) is 85.7 Å². The van der Waals surface area contributed by atoms with Crippen LogP contribution in [0.15, 0.2) is 120 Å². The zero-order valence-electron chi connectivity index (χ0n) is 31.3. The van der Waals surface area contributed by atoms with Gasteiger partial charge in [0.25, 0.3) is 11.8 Å². The third-order valence-electron chi connectivity index (χ3n) is 9.16. The second-order valence-electron chi connectivity index (χ2n) is 13.5. The van der Waals surface area contributed by atoms with Gasteiger partial charge in [0.2, 0.25) is 5.91 Å². The number of hydrogen-bond donors (Lipinski definition) is 3. The lowest BCUT2D eigenvalue weighted by Crippen LogP contribution is -2.30. The Bertz CT molecular complexity index is 2180. The monoisotopic (exact) mass is 772 g/mol. The number of nitrogens with zero attached hydrogens (tertiary/aromatic N) is 1. The lowest BCUT2D eigenvalue weighted by Gasteiger charge is -2.19. The van der Waals surface area contributed by atoms with Crippen LogP contribution >= 0.6 is 23.1 Å². The van der Waals surface area contributed by atoms with E-state index >= 15 is 0 Å². The zero-order valence-corrected chi connectivity index (χ0v) is 32.9. The Hall–Kier alpha value is -5.65. The first-order valence-electron chi connectivity index (χ1n) is 18.2. The fraction of sp³-hybridized carbons (Fsp3) is 0.227. The first kappa shape index (κ1) is 39.1. The van der Waals surface area contributed by atoms with Crippen LogP contribution in [-0.4, -0.2) is 44.4 Å². The topological polar surface area (TPSA) is 117 Å². The lowest BCUT2D eigenvalue weighted by atomic mass is 9.88. The maximum absolute atomic E-state index is 14.2. The normalized spacial score (nSPS) is 14.3. The standard InChI is InChI=1S/C44H44N4O5S2/c1-5-53-44(52)38-35-24-19-28(2)25-37(35)55-43(38)47-42(51)39(30-13-8-6-9-14-30)54-34-18-12-17-32(27-34)45-41(50)36(46-40(49)31-15-10-7-11-16-31)26-29-20-22-33(23-21-29)48(3)4/h6-18,20-23,26-28,39H,5,19,24-25H2,1-4H3,(H,45,50)(H,46,49)(H,47,51)/b36-26+. The quantitative estimate of drug-likeness (QED) is 0.0622. The summed E-state index contributed by atoms with van der Waals surface area (Å²) in [7, 11) is 3.89. The highest BCUT2D eigenvalue weighted by Gasteiger charge is 2.31. The van der Waals surface area contributed by atoms with Gasteiger partial charge in [0.05, 0.1) is 12.2 Å². The molecule has 5 aromatic rings. The van der Waals surface area contributed by atoms with E-state index in [0.29, 0.717) is 27.7 Å². The van der Waals surface area contributed by atoms with Crippen molar-refractivity contribution in [3.05, 3.63) is 148 Å². The van der Waals surface area contributed by atoms with Gasteiger partial charge < -0.3 is 25.6 Å². The van der Waals surface area contributed by atoms with Gasteiger partial charge in [0.1, 0.15) is 15.9 Å². The highest BCUT2D eigenvalue weighted by molar-refractivity contribution is 8.00. The minimum Gasteiger partial charge on any atom is -0.462 e. The van der Waals surface area contributed by atoms with Crippen molar-refractivity contribution in [2.45, 2.75) is 43.3 Å². The number of ether oxygens (including phenoxy) is 1. The van der Waals surface area contributed by atoms with Crippen LogP contribution < -0.4 is 20.9 Å². The summed E-state index contributed by atoms with van der Waals surface area (Å²) in [4.78, 5) is 58.3. The van der Waals surface area contributed by atoms with Crippen molar-refractivity contribution in [3.8, 4) is 0 Å². The summed E-state index contributed by atoms with van der Waals surface area (Å²) in [6.45, 7) is 4.21. The first-order valence-corrected chi connectivity index (χ1v) is 19.9. The van der Waals surface area contributed by atoms with Crippen LogP contribution in [0.5, 0.6) is 0 Å².